The minimum absolute atomic E-state index is 0.341. The fourth-order valence-corrected chi connectivity index (χ4v) is 2.47. The summed E-state index contributed by atoms with van der Waals surface area (Å²) in [7, 11) is 0. The van der Waals surface area contributed by atoms with E-state index in [0.29, 0.717) is 35.8 Å². The number of ether oxygens (including phenoxy) is 4. The Bertz CT molecular complexity index is 742. The fourth-order valence-electron chi connectivity index (χ4n) is 2.47. The van der Waals surface area contributed by atoms with Gasteiger partial charge in [-0.15, -0.1) is 0 Å². The van der Waals surface area contributed by atoms with Gasteiger partial charge in [0.1, 0.15) is 11.5 Å². The van der Waals surface area contributed by atoms with Crippen LogP contribution in [-0.4, -0.2) is 37.6 Å². The zero-order valence-electron chi connectivity index (χ0n) is 14.8. The van der Waals surface area contributed by atoms with E-state index in [-0.39, 0.29) is 0 Å². The van der Waals surface area contributed by atoms with E-state index in [4.69, 9.17) is 30.6 Å². The monoisotopic (exact) mass is 388 g/mol. The third kappa shape index (κ3) is 4.75. The number of hydrogen-bond donors (Lipinski definition) is 4. The van der Waals surface area contributed by atoms with Crippen molar-refractivity contribution in [1.29, 1.82) is 0 Å². The Kier molecular flexibility index (Phi) is 6.40. The zero-order chi connectivity index (χ0) is 19.9. The van der Waals surface area contributed by atoms with Gasteiger partial charge < -0.3 is 18.9 Å². The number of nitrogens with one attached hydrogen (secondary N) is 2. The van der Waals surface area contributed by atoms with Crippen molar-refractivity contribution in [2.75, 3.05) is 13.2 Å². The number of nitrogens with two attached hydrogens (primary N) is 2. The van der Waals surface area contributed by atoms with Gasteiger partial charge in [0.2, 0.25) is 0 Å². The van der Waals surface area contributed by atoms with Crippen molar-refractivity contribution in [2.45, 2.75) is 12.6 Å². The molecule has 1 fully saturated rings. The molecule has 148 valence electrons. The largest absolute Gasteiger partial charge is 0.458 e. The van der Waals surface area contributed by atoms with E-state index in [9.17, 15) is 9.59 Å². The van der Waals surface area contributed by atoms with Crippen LogP contribution in [0.4, 0.5) is 0 Å². The first-order valence-electron chi connectivity index (χ1n) is 8.39. The van der Waals surface area contributed by atoms with Gasteiger partial charge in [0, 0.05) is 11.1 Å². The summed E-state index contributed by atoms with van der Waals surface area (Å²) < 4.78 is 22.7. The maximum absolute atomic E-state index is 11.5. The van der Waals surface area contributed by atoms with Gasteiger partial charge in [0.25, 0.3) is 24.4 Å². The highest BCUT2D eigenvalue weighted by atomic mass is 16.8. The highest BCUT2D eigenvalue weighted by Crippen LogP contribution is 2.22. The summed E-state index contributed by atoms with van der Waals surface area (Å²) in [5, 5.41) is 0. The topological polar surface area (TPSA) is 147 Å². The van der Waals surface area contributed by atoms with E-state index >= 15 is 0 Å². The van der Waals surface area contributed by atoms with Crippen LogP contribution < -0.4 is 32.0 Å². The number of nitrogen functional groups attached to an aromatic ring is 2. The Morgan fingerprint density at radius 3 is 1.43 bits per heavy atom. The molecule has 0 unspecified atom stereocenters. The lowest BCUT2D eigenvalue weighted by molar-refractivity contribution is -0.271. The molecule has 1 aliphatic heterocycles. The standard InChI is InChI=1S/C18H20N4O6/c19-21-15(23)11-1-5-13(6-2-11)27-17-18(26-10-9-25-17)28-14-7-3-12(4-8-14)16(24)22-20/h1-8,17-18H,9-10,19-20H2,(H,21,23)(H,22,24)/t17-,18+. The van der Waals surface area contributed by atoms with Crippen LogP contribution in [0.2, 0.25) is 0 Å². The molecule has 0 saturated carbocycles. The molecular weight excluding hydrogens is 368 g/mol. The van der Waals surface area contributed by atoms with Crippen LogP contribution in [0, 0.1) is 0 Å². The highest BCUT2D eigenvalue weighted by Gasteiger charge is 2.31. The number of benzene rings is 2. The number of hydrogen-bond acceptors (Lipinski definition) is 8. The third-order valence-corrected chi connectivity index (χ3v) is 3.87. The van der Waals surface area contributed by atoms with E-state index in [0.717, 1.165) is 0 Å². The minimum Gasteiger partial charge on any atom is -0.458 e. The molecule has 0 aromatic heterocycles. The molecule has 2 atom stereocenters. The smallest absolute Gasteiger partial charge is 0.265 e. The van der Waals surface area contributed by atoms with Gasteiger partial charge in [0.15, 0.2) is 0 Å². The van der Waals surface area contributed by atoms with Crippen molar-refractivity contribution in [3.63, 3.8) is 0 Å². The van der Waals surface area contributed by atoms with Gasteiger partial charge >= 0.3 is 0 Å². The molecule has 2 aromatic rings. The molecule has 0 bridgehead atoms. The predicted molar refractivity (Wildman–Crippen MR) is 96.9 cm³/mol. The molecule has 0 radical (unpaired) electrons. The van der Waals surface area contributed by atoms with Crippen LogP contribution >= 0.6 is 0 Å². The van der Waals surface area contributed by atoms with E-state index < -0.39 is 24.4 Å². The summed E-state index contributed by atoms with van der Waals surface area (Å²) in [4.78, 5) is 23.0. The maximum atomic E-state index is 11.5. The van der Waals surface area contributed by atoms with Crippen molar-refractivity contribution in [2.24, 2.45) is 11.7 Å². The Labute approximate surface area is 160 Å². The minimum atomic E-state index is -0.824. The predicted octanol–water partition coefficient (Wildman–Crippen LogP) is 0.0504. The molecule has 10 nitrogen and oxygen atoms in total. The van der Waals surface area contributed by atoms with Crippen molar-refractivity contribution in [1.82, 2.24) is 10.9 Å². The second kappa shape index (κ2) is 9.15. The number of carbonyl (C=O) groups excluding carboxylic acids is 2. The highest BCUT2D eigenvalue weighted by molar-refractivity contribution is 5.94. The molecule has 0 spiro atoms. The molecule has 2 aromatic carbocycles. The van der Waals surface area contributed by atoms with Crippen LogP contribution in [0.3, 0.4) is 0 Å². The molecule has 1 heterocycles. The summed E-state index contributed by atoms with van der Waals surface area (Å²) in [6, 6.07) is 12.7. The molecule has 10 heteroatoms. The molecule has 2 amide bonds. The number of amides is 2. The van der Waals surface area contributed by atoms with Crippen LogP contribution in [0.1, 0.15) is 20.7 Å². The van der Waals surface area contributed by atoms with E-state index in [2.05, 4.69) is 10.9 Å². The second-order valence-corrected chi connectivity index (χ2v) is 5.71. The molecule has 28 heavy (non-hydrogen) atoms. The quantitative estimate of drug-likeness (QED) is 0.308. The Hall–Kier alpha value is -3.18. The molecule has 3 rings (SSSR count). The average molecular weight is 388 g/mol. The first-order chi connectivity index (χ1) is 13.6. The lowest BCUT2D eigenvalue weighted by Gasteiger charge is -2.31. The van der Waals surface area contributed by atoms with Crippen LogP contribution in [0.15, 0.2) is 48.5 Å². The summed E-state index contributed by atoms with van der Waals surface area (Å²) in [5.74, 6) is 10.3. The van der Waals surface area contributed by atoms with Gasteiger partial charge in [-0.2, -0.15) is 0 Å². The van der Waals surface area contributed by atoms with Gasteiger partial charge in [0.05, 0.1) is 13.2 Å². The Morgan fingerprint density at radius 2 is 1.11 bits per heavy atom. The normalized spacial score (nSPS) is 18.8. The summed E-state index contributed by atoms with van der Waals surface area (Å²) in [6.45, 7) is 0.682. The zero-order valence-corrected chi connectivity index (χ0v) is 14.8. The van der Waals surface area contributed by atoms with Crippen LogP contribution in [0.25, 0.3) is 0 Å². The van der Waals surface area contributed by atoms with Gasteiger partial charge in [-0.3, -0.25) is 20.4 Å². The van der Waals surface area contributed by atoms with Gasteiger partial charge in [-0.1, -0.05) is 0 Å². The molecule has 0 aliphatic carbocycles. The van der Waals surface area contributed by atoms with Crippen molar-refractivity contribution >= 4 is 11.8 Å². The molecular formula is C18H20N4O6. The van der Waals surface area contributed by atoms with Gasteiger partial charge in [-0.05, 0) is 48.5 Å². The Morgan fingerprint density at radius 1 is 0.750 bits per heavy atom. The number of rotatable bonds is 6. The second-order valence-electron chi connectivity index (χ2n) is 5.71. The maximum Gasteiger partial charge on any atom is 0.265 e. The fraction of sp³-hybridized carbons (Fsp3) is 0.222. The first kappa shape index (κ1) is 19.6. The third-order valence-electron chi connectivity index (χ3n) is 3.87. The Balaban J connectivity index is 1.65. The first-order valence-corrected chi connectivity index (χ1v) is 8.39. The van der Waals surface area contributed by atoms with Crippen LogP contribution in [0.5, 0.6) is 11.5 Å². The lowest BCUT2D eigenvalue weighted by Crippen LogP contribution is -2.45. The summed E-state index contributed by atoms with van der Waals surface area (Å²) in [6.07, 6.45) is -1.65. The van der Waals surface area contributed by atoms with E-state index in [1.807, 2.05) is 0 Å². The van der Waals surface area contributed by atoms with Crippen molar-refractivity contribution < 1.29 is 28.5 Å². The molecule has 1 saturated heterocycles. The van der Waals surface area contributed by atoms with Gasteiger partial charge in [-0.25, -0.2) is 11.7 Å². The lowest BCUT2D eigenvalue weighted by atomic mass is 10.2. The average Bonchev–Trinajstić information content (AvgIpc) is 2.75. The summed E-state index contributed by atoms with van der Waals surface area (Å²) in [5.41, 5.74) is 4.90. The summed E-state index contributed by atoms with van der Waals surface area (Å²) >= 11 is 0. The number of hydrazine groups is 2. The van der Waals surface area contributed by atoms with Crippen molar-refractivity contribution in [3.8, 4) is 11.5 Å². The van der Waals surface area contributed by atoms with Crippen molar-refractivity contribution in [3.05, 3.63) is 59.7 Å². The van der Waals surface area contributed by atoms with E-state index in [1.54, 1.807) is 48.5 Å². The SMILES string of the molecule is NNC(=O)c1ccc(O[C@H]2OCCO[C@H]2Oc2ccc(C(=O)NN)cc2)cc1. The molecule has 6 N–H and O–H groups in total. The van der Waals surface area contributed by atoms with E-state index in [1.165, 1.54) is 0 Å². The molecule has 1 aliphatic rings. The van der Waals surface area contributed by atoms with Crippen LogP contribution in [-0.2, 0) is 9.47 Å². The number of carbonyl (C=O) groups is 2.